The van der Waals surface area contributed by atoms with Gasteiger partial charge in [-0.1, -0.05) is 6.42 Å². The first kappa shape index (κ1) is 17.8. The van der Waals surface area contributed by atoms with Crippen molar-refractivity contribution in [1.29, 1.82) is 0 Å². The van der Waals surface area contributed by atoms with Gasteiger partial charge in [0.15, 0.2) is 0 Å². The molecule has 1 aliphatic heterocycles. The molecule has 1 saturated carbocycles. The molecule has 1 N–H and O–H groups in total. The molecule has 4 rings (SSSR count). The minimum atomic E-state index is -0.158. The quantitative estimate of drug-likeness (QED) is 0.897. The Morgan fingerprint density at radius 1 is 1.22 bits per heavy atom. The maximum atomic E-state index is 12.6. The summed E-state index contributed by atoms with van der Waals surface area (Å²) in [6, 6.07) is 3.75. The Balaban J connectivity index is 1.40. The zero-order valence-corrected chi connectivity index (χ0v) is 16.0. The van der Waals surface area contributed by atoms with E-state index in [-0.39, 0.29) is 17.7 Å². The maximum absolute atomic E-state index is 12.6. The summed E-state index contributed by atoms with van der Waals surface area (Å²) in [6.07, 6.45) is 4.13. The molecule has 0 saturated heterocycles. The Morgan fingerprint density at radius 3 is 2.70 bits per heavy atom. The van der Waals surface area contributed by atoms with Crippen LogP contribution >= 0.6 is 0 Å². The fourth-order valence-electron chi connectivity index (χ4n) is 3.83. The third-order valence-corrected chi connectivity index (χ3v) is 5.55. The van der Waals surface area contributed by atoms with Crippen LogP contribution in [0.15, 0.2) is 16.5 Å². The standard InChI is InChI=1S/C20H26N4O3/c1-13-9-18(14(2)27-13)19(25)21-11-16-10-17-12-23(7-4-8-24(17)22-16)20(26)15-5-3-6-15/h9-10,15H,3-8,11-12H2,1-2H3,(H,21,25). The Morgan fingerprint density at radius 2 is 2.04 bits per heavy atom. The minimum Gasteiger partial charge on any atom is -0.466 e. The van der Waals surface area contributed by atoms with Crippen molar-refractivity contribution in [2.75, 3.05) is 6.54 Å². The van der Waals surface area contributed by atoms with Crippen LogP contribution in [0.4, 0.5) is 0 Å². The first-order chi connectivity index (χ1) is 13.0. The molecule has 3 heterocycles. The predicted molar refractivity (Wildman–Crippen MR) is 99.0 cm³/mol. The van der Waals surface area contributed by atoms with E-state index in [1.54, 1.807) is 13.0 Å². The molecule has 0 bridgehead atoms. The minimum absolute atomic E-state index is 0.158. The lowest BCUT2D eigenvalue weighted by molar-refractivity contribution is -0.138. The monoisotopic (exact) mass is 370 g/mol. The van der Waals surface area contributed by atoms with Crippen LogP contribution in [0.25, 0.3) is 0 Å². The van der Waals surface area contributed by atoms with Gasteiger partial charge in [0.2, 0.25) is 5.91 Å². The van der Waals surface area contributed by atoms with E-state index in [0.717, 1.165) is 49.5 Å². The van der Waals surface area contributed by atoms with Gasteiger partial charge in [-0.25, -0.2) is 0 Å². The lowest BCUT2D eigenvalue weighted by Gasteiger charge is -2.30. The molecule has 2 aromatic heterocycles. The number of amides is 2. The van der Waals surface area contributed by atoms with Gasteiger partial charge in [-0.15, -0.1) is 0 Å². The second-order valence-electron chi connectivity index (χ2n) is 7.60. The molecular formula is C20H26N4O3. The van der Waals surface area contributed by atoms with Crippen molar-refractivity contribution in [3.63, 3.8) is 0 Å². The van der Waals surface area contributed by atoms with Gasteiger partial charge in [0.25, 0.3) is 5.91 Å². The maximum Gasteiger partial charge on any atom is 0.255 e. The SMILES string of the molecule is Cc1cc(C(=O)NCc2cc3n(n2)CCCN(C(=O)C2CCC2)C3)c(C)o1. The third kappa shape index (κ3) is 3.63. The van der Waals surface area contributed by atoms with Crippen LogP contribution in [0.1, 0.15) is 58.9 Å². The molecule has 0 spiro atoms. The highest BCUT2D eigenvalue weighted by Gasteiger charge is 2.30. The zero-order chi connectivity index (χ0) is 19.0. The lowest BCUT2D eigenvalue weighted by Crippen LogP contribution is -2.38. The van der Waals surface area contributed by atoms with Gasteiger partial charge in [0, 0.05) is 19.0 Å². The summed E-state index contributed by atoms with van der Waals surface area (Å²) >= 11 is 0. The van der Waals surface area contributed by atoms with E-state index in [9.17, 15) is 9.59 Å². The summed E-state index contributed by atoms with van der Waals surface area (Å²) in [7, 11) is 0. The highest BCUT2D eigenvalue weighted by Crippen LogP contribution is 2.29. The Hall–Kier alpha value is -2.57. The summed E-state index contributed by atoms with van der Waals surface area (Å²) < 4.78 is 7.39. The molecule has 0 radical (unpaired) electrons. The van der Waals surface area contributed by atoms with Crippen molar-refractivity contribution in [3.05, 3.63) is 40.6 Å². The molecule has 0 aromatic carbocycles. The topological polar surface area (TPSA) is 80.4 Å². The van der Waals surface area contributed by atoms with Gasteiger partial charge in [0.1, 0.15) is 11.5 Å². The predicted octanol–water partition coefficient (Wildman–Crippen LogP) is 2.56. The number of hydrogen-bond donors (Lipinski definition) is 1. The normalized spacial score (nSPS) is 17.2. The van der Waals surface area contributed by atoms with Gasteiger partial charge in [0.05, 0.1) is 30.0 Å². The number of aryl methyl sites for hydroxylation is 3. The molecule has 1 aliphatic carbocycles. The first-order valence-electron chi connectivity index (χ1n) is 9.71. The summed E-state index contributed by atoms with van der Waals surface area (Å²) in [5.41, 5.74) is 2.42. The average molecular weight is 370 g/mol. The van der Waals surface area contributed by atoms with Crippen LogP contribution < -0.4 is 5.32 Å². The van der Waals surface area contributed by atoms with E-state index in [1.807, 2.05) is 22.6 Å². The summed E-state index contributed by atoms with van der Waals surface area (Å²) in [6.45, 7) is 6.18. The molecule has 7 nitrogen and oxygen atoms in total. The molecule has 144 valence electrons. The van der Waals surface area contributed by atoms with Crippen LogP contribution in [0, 0.1) is 19.8 Å². The van der Waals surface area contributed by atoms with Crippen LogP contribution in [0.5, 0.6) is 0 Å². The van der Waals surface area contributed by atoms with E-state index in [4.69, 9.17) is 4.42 Å². The molecular weight excluding hydrogens is 344 g/mol. The van der Waals surface area contributed by atoms with Crippen molar-refractivity contribution >= 4 is 11.8 Å². The fourth-order valence-corrected chi connectivity index (χ4v) is 3.83. The number of fused-ring (bicyclic) bond motifs is 1. The molecule has 2 aromatic rings. The number of carbonyl (C=O) groups is 2. The smallest absolute Gasteiger partial charge is 0.255 e. The molecule has 2 amide bonds. The number of hydrogen-bond acceptors (Lipinski definition) is 4. The van der Waals surface area contributed by atoms with E-state index < -0.39 is 0 Å². The first-order valence-corrected chi connectivity index (χ1v) is 9.71. The van der Waals surface area contributed by atoms with Crippen LogP contribution in [0.3, 0.4) is 0 Å². The van der Waals surface area contributed by atoms with Crippen LogP contribution in [0.2, 0.25) is 0 Å². The zero-order valence-electron chi connectivity index (χ0n) is 16.0. The van der Waals surface area contributed by atoms with Gasteiger partial charge in [-0.2, -0.15) is 5.10 Å². The largest absolute Gasteiger partial charge is 0.466 e. The van der Waals surface area contributed by atoms with Crippen molar-refractivity contribution < 1.29 is 14.0 Å². The number of furan rings is 1. The molecule has 7 heteroatoms. The Bertz CT molecular complexity index is 863. The summed E-state index contributed by atoms with van der Waals surface area (Å²) in [5, 5.41) is 7.53. The number of rotatable bonds is 4. The number of carbonyl (C=O) groups excluding carboxylic acids is 2. The van der Waals surface area contributed by atoms with Crippen molar-refractivity contribution in [2.45, 2.75) is 59.2 Å². The van der Waals surface area contributed by atoms with E-state index >= 15 is 0 Å². The second kappa shape index (κ2) is 7.21. The molecule has 1 fully saturated rings. The van der Waals surface area contributed by atoms with Gasteiger partial charge in [-0.05, 0) is 45.2 Å². The highest BCUT2D eigenvalue weighted by molar-refractivity contribution is 5.95. The van der Waals surface area contributed by atoms with Gasteiger partial charge < -0.3 is 14.6 Å². The molecule has 0 atom stereocenters. The average Bonchev–Trinajstić information content (AvgIpc) is 3.06. The molecule has 27 heavy (non-hydrogen) atoms. The molecule has 2 aliphatic rings. The number of nitrogens with one attached hydrogen (secondary N) is 1. The molecule has 0 unspecified atom stereocenters. The van der Waals surface area contributed by atoms with Crippen molar-refractivity contribution in [2.24, 2.45) is 5.92 Å². The summed E-state index contributed by atoms with van der Waals surface area (Å²) in [4.78, 5) is 26.9. The third-order valence-electron chi connectivity index (χ3n) is 5.55. The van der Waals surface area contributed by atoms with E-state index in [1.165, 1.54) is 6.42 Å². The Kier molecular flexibility index (Phi) is 4.76. The number of nitrogens with zero attached hydrogens (tertiary/aromatic N) is 3. The second-order valence-corrected chi connectivity index (χ2v) is 7.60. The van der Waals surface area contributed by atoms with E-state index in [0.29, 0.717) is 24.4 Å². The van der Waals surface area contributed by atoms with Crippen LogP contribution in [-0.2, 0) is 24.4 Å². The van der Waals surface area contributed by atoms with Gasteiger partial charge >= 0.3 is 0 Å². The van der Waals surface area contributed by atoms with Crippen molar-refractivity contribution in [3.8, 4) is 0 Å². The van der Waals surface area contributed by atoms with Crippen molar-refractivity contribution in [1.82, 2.24) is 20.0 Å². The Labute approximate surface area is 158 Å². The highest BCUT2D eigenvalue weighted by atomic mass is 16.3. The van der Waals surface area contributed by atoms with Gasteiger partial charge in [-0.3, -0.25) is 14.3 Å². The summed E-state index contributed by atoms with van der Waals surface area (Å²) in [5.74, 6) is 1.70. The number of aromatic nitrogens is 2. The van der Waals surface area contributed by atoms with Crippen LogP contribution in [-0.4, -0.2) is 33.0 Å². The lowest BCUT2D eigenvalue weighted by atomic mass is 9.84. The van der Waals surface area contributed by atoms with E-state index in [2.05, 4.69) is 10.4 Å². The fraction of sp³-hybridized carbons (Fsp3) is 0.550.